The molecule has 2 rings (SSSR count). The normalized spacial score (nSPS) is 13.8. The van der Waals surface area contributed by atoms with E-state index in [9.17, 15) is 9.59 Å². The number of carbonyl (C=O) groups is 1. The molecule has 0 saturated heterocycles. The van der Waals surface area contributed by atoms with Crippen molar-refractivity contribution in [3.8, 4) is 0 Å². The Hall–Kier alpha value is -1.62. The summed E-state index contributed by atoms with van der Waals surface area (Å²) in [5.41, 5.74) is 2.08. The Balaban J connectivity index is 1.97. The number of aromatic nitrogens is 1. The summed E-state index contributed by atoms with van der Waals surface area (Å²) in [5.74, 6) is -0.280. The van der Waals surface area contributed by atoms with Crippen LogP contribution in [0.2, 0.25) is 0 Å². The molecular formula is C15H23N3O2. The number of aryl methyl sites for hydroxylation is 2. The minimum Gasteiger partial charge on any atom is -0.351 e. The molecule has 0 radical (unpaired) electrons. The summed E-state index contributed by atoms with van der Waals surface area (Å²) < 4.78 is 0. The molecule has 1 aromatic heterocycles. The highest BCUT2D eigenvalue weighted by atomic mass is 16.2. The lowest BCUT2D eigenvalue weighted by atomic mass is 9.95. The average molecular weight is 277 g/mol. The average Bonchev–Trinajstić information content (AvgIpc) is 2.46. The number of fused-ring (bicyclic) bond motifs is 1. The number of aromatic amines is 1. The number of amides is 1. The van der Waals surface area contributed by atoms with E-state index in [-0.39, 0.29) is 17.0 Å². The van der Waals surface area contributed by atoms with Crippen molar-refractivity contribution < 1.29 is 4.79 Å². The van der Waals surface area contributed by atoms with Gasteiger partial charge in [-0.2, -0.15) is 0 Å². The van der Waals surface area contributed by atoms with Gasteiger partial charge in [-0.05, 0) is 50.3 Å². The van der Waals surface area contributed by atoms with Crippen molar-refractivity contribution in [3.63, 3.8) is 0 Å². The first kappa shape index (κ1) is 14.8. The molecule has 1 amide bonds. The number of H-pyrrole nitrogens is 1. The lowest BCUT2D eigenvalue weighted by molar-refractivity contribution is 0.0952. The summed E-state index contributed by atoms with van der Waals surface area (Å²) in [7, 11) is 0. The van der Waals surface area contributed by atoms with Gasteiger partial charge in [0.25, 0.3) is 11.5 Å². The number of hydrogen-bond acceptors (Lipinski definition) is 3. The molecule has 5 heteroatoms. The summed E-state index contributed by atoms with van der Waals surface area (Å²) >= 11 is 0. The molecule has 0 aliphatic heterocycles. The Labute approximate surface area is 119 Å². The molecule has 1 aromatic rings. The highest BCUT2D eigenvalue weighted by Gasteiger charge is 2.16. The first-order valence-electron chi connectivity index (χ1n) is 7.46. The van der Waals surface area contributed by atoms with E-state index < -0.39 is 0 Å². The zero-order chi connectivity index (χ0) is 14.4. The minimum absolute atomic E-state index is 0.237. The fourth-order valence-electron chi connectivity index (χ4n) is 2.50. The van der Waals surface area contributed by atoms with Crippen LogP contribution in [0.4, 0.5) is 0 Å². The van der Waals surface area contributed by atoms with Crippen LogP contribution in [-0.2, 0) is 12.8 Å². The van der Waals surface area contributed by atoms with Crippen molar-refractivity contribution in [2.45, 2.75) is 39.0 Å². The predicted octanol–water partition coefficient (Wildman–Crippen LogP) is 0.983. The van der Waals surface area contributed by atoms with E-state index in [1.54, 1.807) is 6.07 Å². The fourth-order valence-corrected chi connectivity index (χ4v) is 2.50. The van der Waals surface area contributed by atoms with Gasteiger partial charge in [0.1, 0.15) is 5.56 Å². The maximum Gasteiger partial charge on any atom is 0.261 e. The monoisotopic (exact) mass is 277 g/mol. The van der Waals surface area contributed by atoms with E-state index in [1.807, 2.05) is 0 Å². The molecule has 0 fully saturated rings. The summed E-state index contributed by atoms with van der Waals surface area (Å²) in [6, 6.07) is 1.77. The van der Waals surface area contributed by atoms with E-state index >= 15 is 0 Å². The van der Waals surface area contributed by atoms with Gasteiger partial charge < -0.3 is 15.6 Å². The lowest BCUT2D eigenvalue weighted by Crippen LogP contribution is -2.35. The third-order valence-electron chi connectivity index (χ3n) is 3.60. The third-order valence-corrected chi connectivity index (χ3v) is 3.60. The molecule has 0 spiro atoms. The molecule has 1 heterocycles. The molecule has 0 atom stereocenters. The Morgan fingerprint density at radius 2 is 2.05 bits per heavy atom. The van der Waals surface area contributed by atoms with Gasteiger partial charge in [-0.25, -0.2) is 0 Å². The number of carbonyl (C=O) groups excluding carboxylic acids is 1. The zero-order valence-corrected chi connectivity index (χ0v) is 12.1. The van der Waals surface area contributed by atoms with E-state index in [0.717, 1.165) is 56.5 Å². The van der Waals surface area contributed by atoms with E-state index in [0.29, 0.717) is 6.54 Å². The highest BCUT2D eigenvalue weighted by molar-refractivity contribution is 5.94. The standard InChI is InChI=1S/C15H23N3O2/c1-2-7-16-8-9-17-14(19)12-10-11-5-3-4-6-13(11)18-15(12)20/h10,16H,2-9H2,1H3,(H,17,19)(H,18,20). The van der Waals surface area contributed by atoms with Gasteiger partial charge in [-0.15, -0.1) is 0 Å². The summed E-state index contributed by atoms with van der Waals surface area (Å²) in [6.07, 6.45) is 5.16. The number of pyridine rings is 1. The Morgan fingerprint density at radius 1 is 1.25 bits per heavy atom. The second kappa shape index (κ2) is 7.24. The van der Waals surface area contributed by atoms with Gasteiger partial charge in [-0.1, -0.05) is 6.92 Å². The van der Waals surface area contributed by atoms with Crippen LogP contribution >= 0.6 is 0 Å². The van der Waals surface area contributed by atoms with Gasteiger partial charge in [0, 0.05) is 18.8 Å². The SMILES string of the molecule is CCCNCCNC(=O)c1cc2c([nH]c1=O)CCCC2. The number of rotatable bonds is 6. The van der Waals surface area contributed by atoms with E-state index in [1.165, 1.54) is 0 Å². The van der Waals surface area contributed by atoms with Crippen molar-refractivity contribution in [2.24, 2.45) is 0 Å². The van der Waals surface area contributed by atoms with Crippen molar-refractivity contribution in [2.75, 3.05) is 19.6 Å². The predicted molar refractivity (Wildman–Crippen MR) is 79.2 cm³/mol. The summed E-state index contributed by atoms with van der Waals surface area (Å²) in [4.78, 5) is 26.8. The molecule has 0 aromatic carbocycles. The number of nitrogens with one attached hydrogen (secondary N) is 3. The lowest BCUT2D eigenvalue weighted by Gasteiger charge is -2.15. The largest absolute Gasteiger partial charge is 0.351 e. The van der Waals surface area contributed by atoms with Crippen LogP contribution in [0.3, 0.4) is 0 Å². The molecule has 5 nitrogen and oxygen atoms in total. The maximum absolute atomic E-state index is 12.0. The van der Waals surface area contributed by atoms with E-state index in [4.69, 9.17) is 0 Å². The van der Waals surface area contributed by atoms with Gasteiger partial charge >= 0.3 is 0 Å². The summed E-state index contributed by atoms with van der Waals surface area (Å²) in [6.45, 7) is 4.30. The molecule has 0 saturated carbocycles. The van der Waals surface area contributed by atoms with Gasteiger partial charge in [0.05, 0.1) is 0 Å². The molecule has 1 aliphatic carbocycles. The summed E-state index contributed by atoms with van der Waals surface area (Å²) in [5, 5.41) is 5.99. The van der Waals surface area contributed by atoms with Crippen molar-refractivity contribution in [3.05, 3.63) is 33.2 Å². The minimum atomic E-state index is -0.280. The highest BCUT2D eigenvalue weighted by Crippen LogP contribution is 2.18. The first-order chi connectivity index (χ1) is 9.72. The molecule has 1 aliphatic rings. The van der Waals surface area contributed by atoms with Crippen LogP contribution in [0.15, 0.2) is 10.9 Å². The third kappa shape index (κ3) is 3.70. The Morgan fingerprint density at radius 3 is 2.85 bits per heavy atom. The van der Waals surface area contributed by atoms with E-state index in [2.05, 4.69) is 22.5 Å². The molecule has 0 unspecified atom stereocenters. The zero-order valence-electron chi connectivity index (χ0n) is 12.1. The molecule has 110 valence electrons. The molecule has 20 heavy (non-hydrogen) atoms. The first-order valence-corrected chi connectivity index (χ1v) is 7.46. The van der Waals surface area contributed by atoms with Crippen molar-refractivity contribution >= 4 is 5.91 Å². The molecule has 0 bridgehead atoms. The van der Waals surface area contributed by atoms with Gasteiger partial charge in [0.15, 0.2) is 0 Å². The molecule has 3 N–H and O–H groups in total. The van der Waals surface area contributed by atoms with Crippen molar-refractivity contribution in [1.29, 1.82) is 0 Å². The topological polar surface area (TPSA) is 74.0 Å². The van der Waals surface area contributed by atoms with Crippen LogP contribution < -0.4 is 16.2 Å². The molecular weight excluding hydrogens is 254 g/mol. The second-order valence-electron chi connectivity index (χ2n) is 5.23. The maximum atomic E-state index is 12.0. The van der Waals surface area contributed by atoms with Crippen LogP contribution in [0, 0.1) is 0 Å². The Kier molecular flexibility index (Phi) is 5.35. The fraction of sp³-hybridized carbons (Fsp3) is 0.600. The number of hydrogen-bond donors (Lipinski definition) is 3. The quantitative estimate of drug-likeness (QED) is 0.679. The second-order valence-corrected chi connectivity index (χ2v) is 5.23. The smallest absolute Gasteiger partial charge is 0.261 e. The van der Waals surface area contributed by atoms with Crippen LogP contribution in [-0.4, -0.2) is 30.5 Å². The van der Waals surface area contributed by atoms with Crippen LogP contribution in [0.1, 0.15) is 47.8 Å². The van der Waals surface area contributed by atoms with Crippen LogP contribution in [0.5, 0.6) is 0 Å². The Bertz CT molecular complexity index is 522. The van der Waals surface area contributed by atoms with Gasteiger partial charge in [0.2, 0.25) is 0 Å². The van der Waals surface area contributed by atoms with Crippen LogP contribution in [0.25, 0.3) is 0 Å². The van der Waals surface area contributed by atoms with Crippen molar-refractivity contribution in [1.82, 2.24) is 15.6 Å². The van der Waals surface area contributed by atoms with Gasteiger partial charge in [-0.3, -0.25) is 9.59 Å².